The summed E-state index contributed by atoms with van der Waals surface area (Å²) in [7, 11) is 0. The lowest BCUT2D eigenvalue weighted by Gasteiger charge is -2.29. The van der Waals surface area contributed by atoms with Crippen LogP contribution in [0.3, 0.4) is 0 Å². The molecule has 0 unspecified atom stereocenters. The molecule has 1 N–H and O–H groups in total. The second kappa shape index (κ2) is 9.76. The minimum atomic E-state index is 0.465. The van der Waals surface area contributed by atoms with Crippen molar-refractivity contribution in [2.75, 3.05) is 67.7 Å². The van der Waals surface area contributed by atoms with E-state index < -0.39 is 0 Å². The van der Waals surface area contributed by atoms with Crippen LogP contribution in [0.15, 0.2) is 30.6 Å². The fourth-order valence-corrected chi connectivity index (χ4v) is 5.24. The van der Waals surface area contributed by atoms with Crippen molar-refractivity contribution in [1.82, 2.24) is 19.5 Å². The third kappa shape index (κ3) is 4.42. The minimum absolute atomic E-state index is 0.465. The standard InChI is InChI=1S/C25H33N7O2/c1-2-4-21(5-3-1)32-18-26-22-23(28-25(29-24(22)32)31-12-16-34-17-13-31)27-19-6-8-20(9-7-19)30-10-14-33-15-11-30/h6-9,18,21H,1-5,10-17H2,(H,27,28,29). The predicted octanol–water partition coefficient (Wildman–Crippen LogP) is 3.75. The number of aromatic nitrogens is 4. The van der Waals surface area contributed by atoms with Crippen molar-refractivity contribution >= 4 is 34.3 Å². The van der Waals surface area contributed by atoms with Gasteiger partial charge in [0.1, 0.15) is 0 Å². The third-order valence-electron chi connectivity index (χ3n) is 7.18. The highest BCUT2D eigenvalue weighted by atomic mass is 16.5. The molecular weight excluding hydrogens is 430 g/mol. The Labute approximate surface area is 200 Å². The summed E-state index contributed by atoms with van der Waals surface area (Å²) in [6, 6.07) is 9.02. The van der Waals surface area contributed by atoms with Gasteiger partial charge in [-0.25, -0.2) is 4.98 Å². The van der Waals surface area contributed by atoms with E-state index in [1.807, 2.05) is 6.33 Å². The van der Waals surface area contributed by atoms with Gasteiger partial charge >= 0.3 is 0 Å². The Balaban J connectivity index is 1.32. The molecule has 6 rings (SSSR count). The van der Waals surface area contributed by atoms with Crippen molar-refractivity contribution in [2.45, 2.75) is 38.1 Å². The number of anilines is 4. The molecule has 3 aromatic rings. The predicted molar refractivity (Wildman–Crippen MR) is 133 cm³/mol. The lowest BCUT2D eigenvalue weighted by atomic mass is 9.95. The molecule has 0 radical (unpaired) electrons. The number of nitrogens with zero attached hydrogens (tertiary/aromatic N) is 6. The molecular formula is C25H33N7O2. The SMILES string of the molecule is c1cc(N2CCOCC2)ccc1Nc1nc(N2CCOCC2)nc2c1ncn2C1CCCCC1. The van der Waals surface area contributed by atoms with Gasteiger partial charge in [0.05, 0.1) is 32.8 Å². The maximum atomic E-state index is 5.56. The molecule has 0 atom stereocenters. The molecule has 2 aromatic heterocycles. The Morgan fingerprint density at radius 2 is 1.47 bits per heavy atom. The van der Waals surface area contributed by atoms with Crippen LogP contribution in [-0.4, -0.2) is 72.1 Å². The van der Waals surface area contributed by atoms with Gasteiger partial charge in [-0.2, -0.15) is 9.97 Å². The van der Waals surface area contributed by atoms with Gasteiger partial charge in [-0.05, 0) is 37.1 Å². The Hall–Kier alpha value is -2.91. The van der Waals surface area contributed by atoms with E-state index in [4.69, 9.17) is 24.4 Å². The van der Waals surface area contributed by atoms with Crippen LogP contribution in [-0.2, 0) is 9.47 Å². The first-order valence-electron chi connectivity index (χ1n) is 12.6. The number of ether oxygens (including phenoxy) is 2. The monoisotopic (exact) mass is 463 g/mol. The maximum absolute atomic E-state index is 5.56. The zero-order valence-corrected chi connectivity index (χ0v) is 19.7. The fraction of sp³-hybridized carbons (Fsp3) is 0.560. The molecule has 180 valence electrons. The van der Waals surface area contributed by atoms with Gasteiger partial charge in [0.15, 0.2) is 17.0 Å². The van der Waals surface area contributed by atoms with E-state index in [-0.39, 0.29) is 0 Å². The lowest BCUT2D eigenvalue weighted by molar-refractivity contribution is 0.122. The molecule has 1 saturated carbocycles. The Morgan fingerprint density at radius 1 is 0.794 bits per heavy atom. The second-order valence-electron chi connectivity index (χ2n) is 9.36. The van der Waals surface area contributed by atoms with Crippen LogP contribution >= 0.6 is 0 Å². The zero-order chi connectivity index (χ0) is 22.7. The van der Waals surface area contributed by atoms with E-state index in [0.29, 0.717) is 19.3 Å². The summed E-state index contributed by atoms with van der Waals surface area (Å²) in [6.45, 7) is 6.44. The molecule has 3 aliphatic rings. The van der Waals surface area contributed by atoms with Crippen molar-refractivity contribution in [1.29, 1.82) is 0 Å². The summed E-state index contributed by atoms with van der Waals surface area (Å²) in [5.41, 5.74) is 3.98. The molecule has 0 amide bonds. The summed E-state index contributed by atoms with van der Waals surface area (Å²) in [6.07, 6.45) is 8.20. The largest absolute Gasteiger partial charge is 0.378 e. The van der Waals surface area contributed by atoms with Crippen LogP contribution in [0.4, 0.5) is 23.1 Å². The van der Waals surface area contributed by atoms with Crippen molar-refractivity contribution in [3.63, 3.8) is 0 Å². The third-order valence-corrected chi connectivity index (χ3v) is 7.18. The normalized spacial score (nSPS) is 20.1. The van der Waals surface area contributed by atoms with Gasteiger partial charge in [-0.15, -0.1) is 0 Å². The molecule has 2 saturated heterocycles. The van der Waals surface area contributed by atoms with E-state index in [9.17, 15) is 0 Å². The Bertz CT molecular complexity index is 1100. The van der Waals surface area contributed by atoms with E-state index in [2.05, 4.69) is 43.9 Å². The summed E-state index contributed by atoms with van der Waals surface area (Å²) < 4.78 is 13.3. The number of rotatable bonds is 5. The Morgan fingerprint density at radius 3 is 2.18 bits per heavy atom. The van der Waals surface area contributed by atoms with E-state index in [1.165, 1.54) is 37.8 Å². The average molecular weight is 464 g/mol. The van der Waals surface area contributed by atoms with Gasteiger partial charge < -0.3 is 29.2 Å². The first-order valence-corrected chi connectivity index (χ1v) is 12.6. The number of nitrogens with one attached hydrogen (secondary N) is 1. The highest BCUT2D eigenvalue weighted by Gasteiger charge is 2.23. The highest BCUT2D eigenvalue weighted by Crippen LogP contribution is 2.33. The van der Waals surface area contributed by atoms with Crippen LogP contribution in [0.25, 0.3) is 11.2 Å². The molecule has 34 heavy (non-hydrogen) atoms. The van der Waals surface area contributed by atoms with Crippen molar-refractivity contribution in [3.05, 3.63) is 30.6 Å². The number of hydrogen-bond acceptors (Lipinski definition) is 8. The molecule has 1 aliphatic carbocycles. The van der Waals surface area contributed by atoms with Gasteiger partial charge in [0.2, 0.25) is 5.95 Å². The summed E-state index contributed by atoms with van der Waals surface area (Å²) in [5, 5.41) is 3.54. The van der Waals surface area contributed by atoms with Crippen LogP contribution in [0.5, 0.6) is 0 Å². The van der Waals surface area contributed by atoms with Crippen LogP contribution in [0, 0.1) is 0 Å². The number of benzene rings is 1. The first-order chi connectivity index (χ1) is 16.8. The topological polar surface area (TPSA) is 80.6 Å². The molecule has 0 spiro atoms. The van der Waals surface area contributed by atoms with Crippen LogP contribution in [0.2, 0.25) is 0 Å². The van der Waals surface area contributed by atoms with E-state index >= 15 is 0 Å². The number of imidazole rings is 1. The van der Waals surface area contributed by atoms with Crippen LogP contribution in [0.1, 0.15) is 38.1 Å². The number of hydrogen-bond donors (Lipinski definition) is 1. The number of fused-ring (bicyclic) bond motifs is 1. The van der Waals surface area contributed by atoms with Crippen LogP contribution < -0.4 is 15.1 Å². The van der Waals surface area contributed by atoms with Crippen molar-refractivity contribution in [3.8, 4) is 0 Å². The van der Waals surface area contributed by atoms with Gasteiger partial charge in [-0.3, -0.25) is 0 Å². The van der Waals surface area contributed by atoms with E-state index in [0.717, 1.165) is 68.0 Å². The molecule has 3 fully saturated rings. The quantitative estimate of drug-likeness (QED) is 0.613. The van der Waals surface area contributed by atoms with Gasteiger partial charge in [0, 0.05) is 43.6 Å². The van der Waals surface area contributed by atoms with Gasteiger partial charge in [-0.1, -0.05) is 19.3 Å². The second-order valence-corrected chi connectivity index (χ2v) is 9.36. The van der Waals surface area contributed by atoms with Gasteiger partial charge in [0.25, 0.3) is 0 Å². The van der Waals surface area contributed by atoms with E-state index in [1.54, 1.807) is 0 Å². The van der Waals surface area contributed by atoms with Crippen molar-refractivity contribution in [2.24, 2.45) is 0 Å². The molecule has 1 aromatic carbocycles. The summed E-state index contributed by atoms with van der Waals surface area (Å²) in [4.78, 5) is 19.3. The first kappa shape index (κ1) is 21.6. The fourth-order valence-electron chi connectivity index (χ4n) is 5.24. The lowest BCUT2D eigenvalue weighted by Crippen LogP contribution is -2.37. The molecule has 9 heteroatoms. The molecule has 9 nitrogen and oxygen atoms in total. The summed E-state index contributed by atoms with van der Waals surface area (Å²) in [5.74, 6) is 1.51. The summed E-state index contributed by atoms with van der Waals surface area (Å²) >= 11 is 0. The molecule has 4 heterocycles. The smallest absolute Gasteiger partial charge is 0.229 e. The minimum Gasteiger partial charge on any atom is -0.378 e. The molecule has 0 bridgehead atoms. The average Bonchev–Trinajstić information content (AvgIpc) is 3.35. The Kier molecular flexibility index (Phi) is 6.20. The number of morpholine rings is 2. The highest BCUT2D eigenvalue weighted by molar-refractivity contribution is 5.87. The maximum Gasteiger partial charge on any atom is 0.229 e. The zero-order valence-electron chi connectivity index (χ0n) is 19.7. The molecule has 2 aliphatic heterocycles. The van der Waals surface area contributed by atoms with Crippen molar-refractivity contribution < 1.29 is 9.47 Å².